The van der Waals surface area contributed by atoms with Gasteiger partial charge >= 0.3 is 0 Å². The highest BCUT2D eigenvalue weighted by Crippen LogP contribution is 2.80. The van der Waals surface area contributed by atoms with Gasteiger partial charge in [-0.2, -0.15) is 0 Å². The maximum atomic E-state index is 6.42. The normalized spacial score (nSPS) is 64.3. The Hall–Kier alpha value is -0.0400. The Morgan fingerprint density at radius 2 is 1.16 bits per heavy atom. The van der Waals surface area contributed by atoms with Crippen molar-refractivity contribution in [3.63, 3.8) is 0 Å². The quantitative estimate of drug-likeness (QED) is 0.354. The van der Waals surface area contributed by atoms with E-state index in [4.69, 9.17) is 4.74 Å². The van der Waals surface area contributed by atoms with Crippen LogP contribution in [0.2, 0.25) is 0 Å². The van der Waals surface area contributed by atoms with Crippen LogP contribution >= 0.6 is 0 Å². The van der Waals surface area contributed by atoms with E-state index in [1.54, 1.807) is 0 Å². The first-order valence-electron chi connectivity index (χ1n) is 13.9. The summed E-state index contributed by atoms with van der Waals surface area (Å²) in [5, 5.41) is 0. The van der Waals surface area contributed by atoms with E-state index >= 15 is 0 Å². The van der Waals surface area contributed by atoms with Crippen molar-refractivity contribution < 1.29 is 4.74 Å². The van der Waals surface area contributed by atoms with Crippen LogP contribution in [0, 0.1) is 50.2 Å². The summed E-state index contributed by atoms with van der Waals surface area (Å²) in [5.41, 5.74) is 3.26. The molecule has 0 bridgehead atoms. The lowest BCUT2D eigenvalue weighted by Gasteiger charge is -2.74. The van der Waals surface area contributed by atoms with Crippen LogP contribution in [-0.2, 0) is 4.74 Å². The fourth-order valence-electron chi connectivity index (χ4n) is 11.8. The van der Waals surface area contributed by atoms with Crippen molar-refractivity contribution in [2.75, 3.05) is 0 Å². The van der Waals surface area contributed by atoms with Gasteiger partial charge in [-0.1, -0.05) is 48.5 Å². The van der Waals surface area contributed by atoms with Crippen LogP contribution in [0.25, 0.3) is 0 Å². The zero-order chi connectivity index (χ0) is 22.3. The van der Waals surface area contributed by atoms with Crippen molar-refractivity contribution in [2.45, 2.75) is 138 Å². The van der Waals surface area contributed by atoms with Crippen molar-refractivity contribution in [3.05, 3.63) is 0 Å². The number of hydrogen-bond acceptors (Lipinski definition) is 1. The zero-order valence-corrected chi connectivity index (χ0v) is 22.0. The Balaban J connectivity index is 1.40. The first-order valence-corrected chi connectivity index (χ1v) is 13.9. The molecule has 0 aromatic rings. The van der Waals surface area contributed by atoms with E-state index < -0.39 is 0 Å². The molecule has 6 aliphatic rings. The van der Waals surface area contributed by atoms with Gasteiger partial charge in [-0.25, -0.2) is 0 Å². The van der Waals surface area contributed by atoms with Gasteiger partial charge in [0.1, 0.15) is 0 Å². The average molecular weight is 427 g/mol. The minimum absolute atomic E-state index is 0.185. The molecule has 1 nitrogen and oxygen atoms in total. The number of fused-ring (bicyclic) bond motifs is 9. The van der Waals surface area contributed by atoms with Gasteiger partial charge in [0.2, 0.25) is 0 Å². The topological polar surface area (TPSA) is 12.5 Å². The van der Waals surface area contributed by atoms with Crippen molar-refractivity contribution in [1.82, 2.24) is 0 Å². The molecule has 0 amide bonds. The molecule has 0 aromatic heterocycles. The van der Waals surface area contributed by atoms with Crippen LogP contribution in [0.5, 0.6) is 0 Å². The van der Waals surface area contributed by atoms with Gasteiger partial charge in [0.05, 0.1) is 11.7 Å². The lowest BCUT2D eigenvalue weighted by molar-refractivity contribution is -0.256. The predicted molar refractivity (Wildman–Crippen MR) is 129 cm³/mol. The predicted octanol–water partition coefficient (Wildman–Crippen LogP) is 8.41. The summed E-state index contributed by atoms with van der Waals surface area (Å²) in [6.07, 6.45) is 16.5. The highest BCUT2D eigenvalue weighted by molar-refractivity contribution is 5.24. The molecule has 5 aliphatic carbocycles. The fraction of sp³-hybridized carbons (Fsp3) is 1.00. The lowest BCUT2D eigenvalue weighted by Crippen LogP contribution is -2.68. The van der Waals surface area contributed by atoms with Crippen LogP contribution in [0.15, 0.2) is 0 Å². The van der Waals surface area contributed by atoms with Crippen molar-refractivity contribution in [3.8, 4) is 0 Å². The van der Waals surface area contributed by atoms with E-state index in [1.807, 2.05) is 0 Å². The smallest absolute Gasteiger partial charge is 0.0976 e. The monoisotopic (exact) mass is 426 g/mol. The first-order chi connectivity index (χ1) is 14.2. The molecule has 0 N–H and O–H groups in total. The van der Waals surface area contributed by atoms with Gasteiger partial charge in [-0.3, -0.25) is 0 Å². The molecule has 1 saturated heterocycles. The lowest BCUT2D eigenvalue weighted by atomic mass is 9.30. The second-order valence-electron chi connectivity index (χ2n) is 15.8. The van der Waals surface area contributed by atoms with E-state index in [2.05, 4.69) is 55.4 Å². The molecule has 176 valence electrons. The third-order valence-corrected chi connectivity index (χ3v) is 14.3. The summed E-state index contributed by atoms with van der Waals surface area (Å²) in [6, 6.07) is 0. The highest BCUT2D eigenvalue weighted by Gasteiger charge is 2.76. The number of rotatable bonds is 0. The van der Waals surface area contributed by atoms with E-state index in [1.165, 1.54) is 70.6 Å². The van der Waals surface area contributed by atoms with E-state index in [-0.39, 0.29) is 5.60 Å². The standard InChI is InChI=1S/C30H50O/c1-24(2)13-14-25(3)15-17-27(5)21-11-12-29(7)20(9-10-23-30(29,8)31-23)26(21,4)16-18-28(27,6)22(25)19-24/h20-23H,9-19H2,1-8H3. The Morgan fingerprint density at radius 3 is 1.90 bits per heavy atom. The molecular weight excluding hydrogens is 376 g/mol. The first kappa shape index (κ1) is 21.5. The van der Waals surface area contributed by atoms with Gasteiger partial charge in [0.25, 0.3) is 0 Å². The summed E-state index contributed by atoms with van der Waals surface area (Å²) < 4.78 is 6.42. The third-order valence-electron chi connectivity index (χ3n) is 14.3. The highest BCUT2D eigenvalue weighted by atomic mass is 16.6. The van der Waals surface area contributed by atoms with Crippen LogP contribution in [0.1, 0.15) is 126 Å². The molecule has 0 radical (unpaired) electrons. The Morgan fingerprint density at radius 1 is 0.548 bits per heavy atom. The van der Waals surface area contributed by atoms with Crippen LogP contribution in [0.3, 0.4) is 0 Å². The van der Waals surface area contributed by atoms with Crippen molar-refractivity contribution in [2.24, 2.45) is 50.2 Å². The minimum atomic E-state index is 0.185. The van der Waals surface area contributed by atoms with Gasteiger partial charge in [-0.15, -0.1) is 0 Å². The van der Waals surface area contributed by atoms with Crippen molar-refractivity contribution in [1.29, 1.82) is 0 Å². The van der Waals surface area contributed by atoms with E-state index in [0.29, 0.717) is 38.6 Å². The average Bonchev–Trinajstić information content (AvgIpc) is 3.38. The van der Waals surface area contributed by atoms with Gasteiger partial charge in [0.15, 0.2) is 0 Å². The minimum Gasteiger partial charge on any atom is -0.366 e. The van der Waals surface area contributed by atoms with E-state index in [9.17, 15) is 0 Å². The van der Waals surface area contributed by atoms with Gasteiger partial charge < -0.3 is 4.74 Å². The molecule has 10 atom stereocenters. The van der Waals surface area contributed by atoms with Crippen molar-refractivity contribution >= 4 is 0 Å². The van der Waals surface area contributed by atoms with Gasteiger partial charge in [-0.05, 0) is 122 Å². The van der Waals surface area contributed by atoms with Gasteiger partial charge in [0, 0.05) is 5.41 Å². The molecule has 0 spiro atoms. The molecule has 6 rings (SSSR count). The van der Waals surface area contributed by atoms with Crippen LogP contribution in [0.4, 0.5) is 0 Å². The largest absolute Gasteiger partial charge is 0.366 e. The molecule has 6 fully saturated rings. The SMILES string of the molecule is CC1(C)CCC2(C)CCC3(C)C4CCC5(C)C(CCC6OC65C)C4(C)CCC3(C)C2C1. The summed E-state index contributed by atoms with van der Waals surface area (Å²) in [6.45, 7) is 21.3. The molecule has 31 heavy (non-hydrogen) atoms. The molecule has 1 heterocycles. The summed E-state index contributed by atoms with van der Waals surface area (Å²) in [7, 11) is 0. The van der Waals surface area contributed by atoms with Crippen LogP contribution < -0.4 is 0 Å². The summed E-state index contributed by atoms with van der Waals surface area (Å²) in [4.78, 5) is 0. The Kier molecular flexibility index (Phi) is 4.00. The van der Waals surface area contributed by atoms with Crippen LogP contribution in [-0.4, -0.2) is 11.7 Å². The number of epoxide rings is 1. The molecule has 1 aliphatic heterocycles. The second-order valence-corrected chi connectivity index (χ2v) is 15.8. The summed E-state index contributed by atoms with van der Waals surface area (Å²) in [5.74, 6) is 2.69. The number of ether oxygens (including phenoxy) is 1. The molecule has 0 aromatic carbocycles. The maximum Gasteiger partial charge on any atom is 0.0976 e. The zero-order valence-electron chi connectivity index (χ0n) is 22.0. The molecule has 5 saturated carbocycles. The Bertz CT molecular complexity index is 800. The number of hydrogen-bond donors (Lipinski definition) is 0. The molecular formula is C30H50O. The maximum absolute atomic E-state index is 6.42. The summed E-state index contributed by atoms with van der Waals surface area (Å²) >= 11 is 0. The fourth-order valence-corrected chi connectivity index (χ4v) is 11.8. The molecule has 10 unspecified atom stereocenters. The van der Waals surface area contributed by atoms with E-state index in [0.717, 1.165) is 17.8 Å². The third kappa shape index (κ3) is 2.34. The second kappa shape index (κ2) is 5.78. The molecule has 1 heteroatoms. The Labute approximate surface area is 192 Å².